The lowest BCUT2D eigenvalue weighted by Gasteiger charge is -2.35. The summed E-state index contributed by atoms with van der Waals surface area (Å²) in [6.45, 7) is 1.45. The van der Waals surface area contributed by atoms with Crippen LogP contribution >= 0.6 is 0 Å². The Kier molecular flexibility index (Phi) is 5.74. The van der Waals surface area contributed by atoms with E-state index in [1.165, 1.54) is 0 Å². The molecule has 1 aliphatic rings. The largest absolute Gasteiger partial charge is 0.445 e. The van der Waals surface area contributed by atoms with E-state index in [4.69, 9.17) is 15.6 Å². The minimum atomic E-state index is -0.892. The predicted molar refractivity (Wildman–Crippen MR) is 79.8 cm³/mol. The summed E-state index contributed by atoms with van der Waals surface area (Å²) in [6.07, 6.45) is -0.387. The fourth-order valence-corrected chi connectivity index (χ4v) is 2.23. The molecule has 120 valence electrons. The molecule has 7 nitrogen and oxygen atoms in total. The van der Waals surface area contributed by atoms with Crippen molar-refractivity contribution in [3.05, 3.63) is 35.9 Å². The average Bonchev–Trinajstić information content (AvgIpc) is 2.59. The van der Waals surface area contributed by atoms with Crippen LogP contribution in [0.3, 0.4) is 0 Å². The Bertz CT molecular complexity index is 501. The highest BCUT2D eigenvalue weighted by Crippen LogP contribution is 2.07. The first-order chi connectivity index (χ1) is 10.6. The fourth-order valence-electron chi connectivity index (χ4n) is 2.23. The molecule has 1 aromatic rings. The molecule has 0 bridgehead atoms. The first-order valence-corrected chi connectivity index (χ1v) is 7.22. The average molecular weight is 307 g/mol. The van der Waals surface area contributed by atoms with Crippen molar-refractivity contribution < 1.29 is 19.4 Å². The zero-order valence-electron chi connectivity index (χ0n) is 12.4. The van der Waals surface area contributed by atoms with Gasteiger partial charge in [0, 0.05) is 26.2 Å². The van der Waals surface area contributed by atoms with E-state index >= 15 is 0 Å². The highest BCUT2D eigenvalue weighted by atomic mass is 16.6. The number of aliphatic hydroxyl groups is 1. The van der Waals surface area contributed by atoms with Crippen LogP contribution in [0.4, 0.5) is 4.79 Å². The van der Waals surface area contributed by atoms with Crippen molar-refractivity contribution >= 4 is 12.0 Å². The van der Waals surface area contributed by atoms with Gasteiger partial charge in [0.15, 0.2) is 0 Å². The van der Waals surface area contributed by atoms with Crippen LogP contribution in [0.25, 0.3) is 0 Å². The summed E-state index contributed by atoms with van der Waals surface area (Å²) in [5.41, 5.74) is 6.44. The minimum Gasteiger partial charge on any atom is -0.445 e. The van der Waals surface area contributed by atoms with Gasteiger partial charge in [-0.1, -0.05) is 30.3 Å². The number of carbonyl (C=O) groups is 2. The van der Waals surface area contributed by atoms with Gasteiger partial charge < -0.3 is 25.4 Å². The maximum absolute atomic E-state index is 12.0. The van der Waals surface area contributed by atoms with Crippen LogP contribution in [-0.2, 0) is 16.1 Å². The van der Waals surface area contributed by atoms with Crippen LogP contribution in [0, 0.1) is 0 Å². The third kappa shape index (κ3) is 4.19. The monoisotopic (exact) mass is 307 g/mol. The Labute approximate surface area is 129 Å². The van der Waals surface area contributed by atoms with Crippen molar-refractivity contribution in [2.24, 2.45) is 5.73 Å². The summed E-state index contributed by atoms with van der Waals surface area (Å²) in [4.78, 5) is 26.9. The number of ether oxygens (including phenoxy) is 1. The van der Waals surface area contributed by atoms with Gasteiger partial charge in [0.05, 0.1) is 6.61 Å². The van der Waals surface area contributed by atoms with E-state index < -0.39 is 6.04 Å². The van der Waals surface area contributed by atoms with Crippen molar-refractivity contribution in [1.29, 1.82) is 0 Å². The lowest BCUT2D eigenvalue weighted by Crippen LogP contribution is -2.55. The van der Waals surface area contributed by atoms with Gasteiger partial charge in [-0.05, 0) is 5.56 Å². The highest BCUT2D eigenvalue weighted by Gasteiger charge is 2.27. The van der Waals surface area contributed by atoms with Gasteiger partial charge in [0.1, 0.15) is 12.6 Å². The Morgan fingerprint density at radius 3 is 2.32 bits per heavy atom. The number of carbonyl (C=O) groups excluding carboxylic acids is 2. The number of nitrogens with two attached hydrogens (primary N) is 1. The lowest BCUT2D eigenvalue weighted by atomic mass is 10.2. The number of amides is 2. The molecule has 1 heterocycles. The molecule has 3 N–H and O–H groups in total. The number of rotatable bonds is 4. The first kappa shape index (κ1) is 16.3. The Balaban J connectivity index is 1.76. The maximum Gasteiger partial charge on any atom is 0.410 e. The molecule has 1 fully saturated rings. The van der Waals surface area contributed by atoms with Crippen LogP contribution < -0.4 is 5.73 Å². The zero-order chi connectivity index (χ0) is 15.9. The van der Waals surface area contributed by atoms with Gasteiger partial charge in [-0.15, -0.1) is 0 Å². The standard InChI is InChI=1S/C15H21N3O4/c16-13(10-19)14(20)17-6-8-18(9-7-17)15(21)22-11-12-4-2-1-3-5-12/h1-5,13,19H,6-11,16H2/t13-/m0/s1. The second-order valence-electron chi connectivity index (χ2n) is 5.14. The quantitative estimate of drug-likeness (QED) is 0.802. The highest BCUT2D eigenvalue weighted by molar-refractivity contribution is 5.82. The molecule has 1 aromatic carbocycles. The molecule has 2 amide bonds. The van der Waals surface area contributed by atoms with E-state index in [2.05, 4.69) is 0 Å². The Hall–Kier alpha value is -2.12. The van der Waals surface area contributed by atoms with E-state index in [9.17, 15) is 9.59 Å². The topological polar surface area (TPSA) is 96.1 Å². The molecular formula is C15H21N3O4. The van der Waals surface area contributed by atoms with E-state index in [0.29, 0.717) is 26.2 Å². The number of aliphatic hydroxyl groups excluding tert-OH is 1. The van der Waals surface area contributed by atoms with Crippen LogP contribution in [0.1, 0.15) is 5.56 Å². The summed E-state index contributed by atoms with van der Waals surface area (Å²) in [5.74, 6) is -0.292. The van der Waals surface area contributed by atoms with Crippen LogP contribution in [0.2, 0.25) is 0 Å². The Morgan fingerprint density at radius 1 is 1.14 bits per heavy atom. The van der Waals surface area contributed by atoms with Crippen molar-refractivity contribution in [3.8, 4) is 0 Å². The molecule has 1 atom stereocenters. The molecule has 0 unspecified atom stereocenters. The number of hydrogen-bond acceptors (Lipinski definition) is 5. The minimum absolute atomic E-state index is 0.230. The van der Waals surface area contributed by atoms with Crippen LogP contribution in [0.15, 0.2) is 30.3 Å². The SMILES string of the molecule is N[C@@H](CO)C(=O)N1CCN(C(=O)OCc2ccccc2)CC1. The van der Waals surface area contributed by atoms with Gasteiger partial charge >= 0.3 is 6.09 Å². The summed E-state index contributed by atoms with van der Waals surface area (Å²) in [7, 11) is 0. The number of piperazine rings is 1. The summed E-state index contributed by atoms with van der Waals surface area (Å²) >= 11 is 0. The van der Waals surface area contributed by atoms with E-state index in [1.807, 2.05) is 30.3 Å². The smallest absolute Gasteiger partial charge is 0.410 e. The van der Waals surface area contributed by atoms with Crippen molar-refractivity contribution in [2.45, 2.75) is 12.6 Å². The molecule has 2 rings (SSSR count). The third-order valence-corrected chi connectivity index (χ3v) is 3.57. The van der Waals surface area contributed by atoms with Crippen molar-refractivity contribution in [2.75, 3.05) is 32.8 Å². The Morgan fingerprint density at radius 2 is 1.73 bits per heavy atom. The summed E-state index contributed by atoms with van der Waals surface area (Å²) < 4.78 is 5.25. The first-order valence-electron chi connectivity index (χ1n) is 7.22. The van der Waals surface area contributed by atoms with E-state index in [1.54, 1.807) is 9.80 Å². The van der Waals surface area contributed by atoms with E-state index in [-0.39, 0.29) is 25.2 Å². The normalized spacial score (nSPS) is 16.3. The number of nitrogens with zero attached hydrogens (tertiary/aromatic N) is 2. The molecule has 0 spiro atoms. The van der Waals surface area contributed by atoms with Gasteiger partial charge in [0.2, 0.25) is 5.91 Å². The molecule has 7 heteroatoms. The number of hydrogen-bond donors (Lipinski definition) is 2. The second-order valence-corrected chi connectivity index (χ2v) is 5.14. The third-order valence-electron chi connectivity index (χ3n) is 3.57. The molecule has 22 heavy (non-hydrogen) atoms. The zero-order valence-corrected chi connectivity index (χ0v) is 12.4. The van der Waals surface area contributed by atoms with Gasteiger partial charge in [-0.25, -0.2) is 4.79 Å². The van der Waals surface area contributed by atoms with Gasteiger partial charge in [0.25, 0.3) is 0 Å². The number of benzene rings is 1. The van der Waals surface area contributed by atoms with E-state index in [0.717, 1.165) is 5.56 Å². The van der Waals surface area contributed by atoms with Crippen LogP contribution in [-0.4, -0.2) is 65.7 Å². The van der Waals surface area contributed by atoms with Gasteiger partial charge in [-0.3, -0.25) is 4.79 Å². The molecule has 0 aliphatic carbocycles. The van der Waals surface area contributed by atoms with Crippen LogP contribution in [0.5, 0.6) is 0 Å². The fraction of sp³-hybridized carbons (Fsp3) is 0.467. The second kappa shape index (κ2) is 7.77. The summed E-state index contributed by atoms with van der Waals surface area (Å²) in [5, 5.41) is 8.90. The molecule has 1 saturated heterocycles. The lowest BCUT2D eigenvalue weighted by molar-refractivity contribution is -0.135. The van der Waals surface area contributed by atoms with Crippen molar-refractivity contribution in [1.82, 2.24) is 9.80 Å². The maximum atomic E-state index is 12.0. The molecular weight excluding hydrogens is 286 g/mol. The molecule has 1 aliphatic heterocycles. The molecule has 0 aromatic heterocycles. The molecule has 0 radical (unpaired) electrons. The van der Waals surface area contributed by atoms with Gasteiger partial charge in [-0.2, -0.15) is 0 Å². The summed E-state index contributed by atoms with van der Waals surface area (Å²) in [6, 6.07) is 8.56. The predicted octanol–water partition coefficient (Wildman–Crippen LogP) is -0.213. The molecule has 0 saturated carbocycles. The van der Waals surface area contributed by atoms with Crippen molar-refractivity contribution in [3.63, 3.8) is 0 Å².